The van der Waals surface area contributed by atoms with Crippen LogP contribution in [0.3, 0.4) is 0 Å². The number of likely N-dealkylation sites (tertiary alicyclic amines) is 1. The Morgan fingerprint density at radius 2 is 1.95 bits per heavy atom. The van der Waals surface area contributed by atoms with Gasteiger partial charge < -0.3 is 20.3 Å². The maximum atomic E-state index is 14.6. The number of hydrogen-bond donors (Lipinski definition) is 3. The van der Waals surface area contributed by atoms with E-state index in [0.29, 0.717) is 11.8 Å². The minimum absolute atomic E-state index is 0.138. The minimum Gasteiger partial charge on any atom is -0.480 e. The first-order valence-corrected chi connectivity index (χ1v) is 11.7. The number of anilines is 1. The SMILES string of the molecule is CN/C=C(\C(=N)C(=O)N1CC(F)(F)C[C@@H](C)C1CNc1ncc(C(F)(F)F)c(OC)n1)c1ccc(C)cc1. The summed E-state index contributed by atoms with van der Waals surface area (Å²) in [5, 5.41) is 14.1. The average Bonchev–Trinajstić information content (AvgIpc) is 2.85. The third-order valence-corrected chi connectivity index (χ3v) is 6.20. The van der Waals surface area contributed by atoms with Crippen LogP contribution >= 0.6 is 0 Å². The molecule has 1 amide bonds. The zero-order chi connectivity index (χ0) is 28.3. The van der Waals surface area contributed by atoms with Crippen LogP contribution in [0.25, 0.3) is 5.57 Å². The van der Waals surface area contributed by atoms with Gasteiger partial charge in [0, 0.05) is 38.0 Å². The number of ether oxygens (including phenoxy) is 1. The lowest BCUT2D eigenvalue weighted by Crippen LogP contribution is -2.58. The minimum atomic E-state index is -4.73. The number of aromatic nitrogens is 2. The fourth-order valence-corrected chi connectivity index (χ4v) is 4.31. The summed E-state index contributed by atoms with van der Waals surface area (Å²) in [4.78, 5) is 21.8. The van der Waals surface area contributed by atoms with Crippen LogP contribution in [0.15, 0.2) is 36.7 Å². The van der Waals surface area contributed by atoms with E-state index >= 15 is 0 Å². The zero-order valence-electron chi connectivity index (χ0n) is 21.3. The van der Waals surface area contributed by atoms with Gasteiger partial charge >= 0.3 is 6.18 Å². The van der Waals surface area contributed by atoms with Crippen molar-refractivity contribution in [3.8, 4) is 5.88 Å². The number of amides is 1. The molecule has 1 aromatic carbocycles. The van der Waals surface area contributed by atoms with Gasteiger partial charge in [0.25, 0.3) is 11.8 Å². The van der Waals surface area contributed by atoms with Crippen LogP contribution in [0, 0.1) is 18.3 Å². The van der Waals surface area contributed by atoms with Crippen LogP contribution in [-0.4, -0.2) is 65.7 Å². The molecule has 1 aliphatic heterocycles. The van der Waals surface area contributed by atoms with Gasteiger partial charge in [0.15, 0.2) is 0 Å². The average molecular weight is 541 g/mol. The molecule has 0 aliphatic carbocycles. The highest BCUT2D eigenvalue weighted by molar-refractivity contribution is 6.54. The van der Waals surface area contributed by atoms with E-state index in [0.717, 1.165) is 17.6 Å². The van der Waals surface area contributed by atoms with Crippen molar-refractivity contribution in [2.75, 3.05) is 32.6 Å². The Labute approximate surface area is 216 Å². The fraction of sp³-hybridized carbons (Fsp3) is 0.440. The predicted octanol–water partition coefficient (Wildman–Crippen LogP) is 4.38. The van der Waals surface area contributed by atoms with Crippen LogP contribution in [0.5, 0.6) is 5.88 Å². The van der Waals surface area contributed by atoms with Crippen molar-refractivity contribution in [2.45, 2.75) is 38.4 Å². The summed E-state index contributed by atoms with van der Waals surface area (Å²) < 4.78 is 73.2. The Morgan fingerprint density at radius 1 is 1.29 bits per heavy atom. The van der Waals surface area contributed by atoms with Crippen molar-refractivity contribution in [3.63, 3.8) is 0 Å². The van der Waals surface area contributed by atoms with Gasteiger partial charge in [-0.25, -0.2) is 13.8 Å². The summed E-state index contributed by atoms with van der Waals surface area (Å²) in [5.41, 5.74) is 0.0988. The molecule has 1 aromatic heterocycles. The van der Waals surface area contributed by atoms with E-state index in [1.165, 1.54) is 6.20 Å². The molecule has 0 radical (unpaired) electrons. The van der Waals surface area contributed by atoms with Gasteiger partial charge in [-0.05, 0) is 18.4 Å². The summed E-state index contributed by atoms with van der Waals surface area (Å²) in [6, 6.07) is 6.23. The van der Waals surface area contributed by atoms with Crippen molar-refractivity contribution in [3.05, 3.63) is 53.4 Å². The van der Waals surface area contributed by atoms with E-state index in [-0.39, 0.29) is 18.1 Å². The Kier molecular flexibility index (Phi) is 8.58. The maximum absolute atomic E-state index is 14.6. The Morgan fingerprint density at radius 3 is 2.53 bits per heavy atom. The number of carbonyl (C=O) groups excluding carboxylic acids is 1. The van der Waals surface area contributed by atoms with Crippen molar-refractivity contribution < 1.29 is 31.5 Å². The van der Waals surface area contributed by atoms with Crippen LogP contribution in [0.4, 0.5) is 27.9 Å². The van der Waals surface area contributed by atoms with E-state index in [4.69, 9.17) is 10.1 Å². The number of rotatable bonds is 8. The topological polar surface area (TPSA) is 103 Å². The molecule has 2 atom stereocenters. The summed E-state index contributed by atoms with van der Waals surface area (Å²) >= 11 is 0. The van der Waals surface area contributed by atoms with Gasteiger partial charge in [0.2, 0.25) is 11.8 Å². The van der Waals surface area contributed by atoms with Gasteiger partial charge in [-0.2, -0.15) is 18.2 Å². The molecular weight excluding hydrogens is 511 g/mol. The molecule has 13 heteroatoms. The smallest absolute Gasteiger partial charge is 0.423 e. The Hall–Kier alpha value is -3.77. The summed E-state index contributed by atoms with van der Waals surface area (Å²) in [5.74, 6) is -5.73. The highest BCUT2D eigenvalue weighted by Gasteiger charge is 2.47. The fourth-order valence-electron chi connectivity index (χ4n) is 4.31. The molecule has 2 heterocycles. The third kappa shape index (κ3) is 6.56. The van der Waals surface area contributed by atoms with Crippen molar-refractivity contribution in [2.24, 2.45) is 5.92 Å². The molecule has 3 N–H and O–H groups in total. The van der Waals surface area contributed by atoms with Crippen LogP contribution < -0.4 is 15.4 Å². The van der Waals surface area contributed by atoms with Crippen LogP contribution in [0.1, 0.15) is 30.0 Å². The predicted molar refractivity (Wildman–Crippen MR) is 132 cm³/mol. The summed E-state index contributed by atoms with van der Waals surface area (Å²) in [7, 11) is 2.62. The molecule has 2 aromatic rings. The molecule has 1 aliphatic rings. The van der Waals surface area contributed by atoms with Gasteiger partial charge in [-0.15, -0.1) is 0 Å². The molecule has 1 saturated heterocycles. The number of nitrogens with zero attached hydrogens (tertiary/aromatic N) is 3. The van der Waals surface area contributed by atoms with E-state index in [2.05, 4.69) is 20.6 Å². The molecule has 1 unspecified atom stereocenters. The van der Waals surface area contributed by atoms with Gasteiger partial charge in [0.05, 0.1) is 19.7 Å². The number of hydrogen-bond acceptors (Lipinski definition) is 7. The molecule has 0 spiro atoms. The summed E-state index contributed by atoms with van der Waals surface area (Å²) in [6.45, 7) is 2.37. The first-order valence-electron chi connectivity index (χ1n) is 11.7. The van der Waals surface area contributed by atoms with Crippen LogP contribution in [-0.2, 0) is 11.0 Å². The lowest BCUT2D eigenvalue weighted by molar-refractivity contribution is -0.145. The Bertz CT molecular complexity index is 1200. The van der Waals surface area contributed by atoms with E-state index in [1.54, 1.807) is 38.2 Å². The number of aryl methyl sites for hydroxylation is 1. The van der Waals surface area contributed by atoms with Crippen molar-refractivity contribution >= 4 is 23.1 Å². The van der Waals surface area contributed by atoms with Crippen molar-refractivity contribution in [1.29, 1.82) is 5.41 Å². The molecule has 3 rings (SSSR count). The monoisotopic (exact) mass is 540 g/mol. The number of halogens is 5. The van der Waals surface area contributed by atoms with E-state index in [1.807, 2.05) is 6.92 Å². The first kappa shape index (κ1) is 28.8. The largest absolute Gasteiger partial charge is 0.480 e. The van der Waals surface area contributed by atoms with Crippen molar-refractivity contribution in [1.82, 2.24) is 20.2 Å². The lowest BCUT2D eigenvalue weighted by Gasteiger charge is -2.43. The molecule has 1 fully saturated rings. The Balaban J connectivity index is 1.87. The summed E-state index contributed by atoms with van der Waals surface area (Å²) in [6.07, 6.45) is -3.23. The van der Waals surface area contributed by atoms with E-state index < -0.39 is 60.1 Å². The number of carbonyl (C=O) groups is 1. The number of benzene rings is 1. The van der Waals surface area contributed by atoms with Crippen LogP contribution in [0.2, 0.25) is 0 Å². The second-order valence-electron chi connectivity index (χ2n) is 9.12. The normalized spacial score (nSPS) is 19.6. The highest BCUT2D eigenvalue weighted by atomic mass is 19.4. The lowest BCUT2D eigenvalue weighted by atomic mass is 9.87. The molecule has 206 valence electrons. The molecule has 38 heavy (non-hydrogen) atoms. The van der Waals surface area contributed by atoms with Gasteiger partial charge in [-0.3, -0.25) is 10.2 Å². The maximum Gasteiger partial charge on any atom is 0.423 e. The second kappa shape index (κ2) is 11.3. The number of nitrogens with one attached hydrogen (secondary N) is 3. The molecule has 0 bridgehead atoms. The molecular formula is C25H29F5N6O2. The van der Waals surface area contributed by atoms with E-state index in [9.17, 15) is 26.7 Å². The first-order chi connectivity index (χ1) is 17.8. The zero-order valence-corrected chi connectivity index (χ0v) is 21.3. The standard InChI is InChI=1S/C25H29F5N6O2/c1-14-5-7-16(8-6-14)17(10-32-3)20(31)22(37)36-13-24(26,27)9-15(2)19(36)12-34-23-33-11-18(25(28,29)30)21(35-23)38-4/h5-8,10-11,15,19,31-32H,9,12-13H2,1-4H3,(H,33,34,35)/b17-10-,31-20?/t15-,19?/m1/s1. The number of piperidine rings is 1. The molecule has 8 nitrogen and oxygen atoms in total. The number of alkyl halides is 5. The third-order valence-electron chi connectivity index (χ3n) is 6.20. The highest BCUT2D eigenvalue weighted by Crippen LogP contribution is 2.36. The second-order valence-corrected chi connectivity index (χ2v) is 9.12. The molecule has 0 saturated carbocycles. The quantitative estimate of drug-likeness (QED) is 0.339. The number of methoxy groups -OCH3 is 1. The van der Waals surface area contributed by atoms with Gasteiger partial charge in [0.1, 0.15) is 11.3 Å². The van der Waals surface area contributed by atoms with Gasteiger partial charge in [-0.1, -0.05) is 36.8 Å².